The highest BCUT2D eigenvalue weighted by molar-refractivity contribution is 9.10. The molecule has 2 amide bonds. The number of rotatable bonds is 8. The Balaban J connectivity index is 1.10. The molecule has 254 valence electrons. The first-order valence-corrected chi connectivity index (χ1v) is 18.1. The third kappa shape index (κ3) is 5.76. The van der Waals surface area contributed by atoms with Gasteiger partial charge in [0.1, 0.15) is 34.5 Å². The average Bonchev–Trinajstić information content (AvgIpc) is 3.46. The van der Waals surface area contributed by atoms with E-state index in [0.717, 1.165) is 65.7 Å². The molecule has 4 aromatic rings. The Morgan fingerprint density at radius 2 is 1.71 bits per heavy atom. The highest BCUT2D eigenvalue weighted by Gasteiger charge is 2.67. The van der Waals surface area contributed by atoms with E-state index in [9.17, 15) is 14.4 Å². The number of piperidine rings is 1. The first kappa shape index (κ1) is 32.2. The predicted molar refractivity (Wildman–Crippen MR) is 189 cm³/mol. The third-order valence-electron chi connectivity index (χ3n) is 11.4. The number of halogens is 1. The number of carbonyl (C=O) groups is 3. The Morgan fingerprint density at radius 1 is 0.980 bits per heavy atom. The van der Waals surface area contributed by atoms with Crippen LogP contribution in [-0.2, 0) is 16.1 Å². The number of hydrogen-bond acceptors (Lipinski definition) is 8. The number of Topliss-reactive ketones (excluding diaryl/α,β-unsaturated/α-hetero) is 1. The highest BCUT2D eigenvalue weighted by atomic mass is 79.9. The Morgan fingerprint density at radius 3 is 2.43 bits per heavy atom. The van der Waals surface area contributed by atoms with Crippen molar-refractivity contribution in [2.24, 2.45) is 17.3 Å². The van der Waals surface area contributed by atoms with Gasteiger partial charge in [0.25, 0.3) is 0 Å². The first-order chi connectivity index (χ1) is 23.5. The second-order valence-electron chi connectivity index (χ2n) is 14.8. The smallest absolute Gasteiger partial charge is 0.248 e. The second-order valence-corrected chi connectivity index (χ2v) is 15.6. The molecule has 11 nitrogen and oxygen atoms in total. The van der Waals surface area contributed by atoms with Crippen molar-refractivity contribution in [3.63, 3.8) is 0 Å². The van der Waals surface area contributed by atoms with E-state index < -0.39 is 6.04 Å². The standard InChI is InChI=1S/C37H41BrN8O3/c1-20-8-9-31(38)41-35(20)42-36(49)29-12-37(19-44-16-24-6-5-7-25(24)17-44)13-30(37)46(29)32(48)18-45-34-21(2)10-26(27-14-39-23(4)40-15-27)11-28(34)33(43-45)22(3)47/h8-11,14-15,24-25,29-30H,5-7,12-13,16-19H2,1-4H3,(H,41,42,49)/t24-,25+,29-,30+,37-/m0/s1. The van der Waals surface area contributed by atoms with Gasteiger partial charge in [-0.15, -0.1) is 0 Å². The van der Waals surface area contributed by atoms with E-state index in [1.807, 2.05) is 49.9 Å². The largest absolute Gasteiger partial charge is 0.325 e. The molecule has 0 spiro atoms. The van der Waals surface area contributed by atoms with Gasteiger partial charge in [0.05, 0.1) is 5.52 Å². The summed E-state index contributed by atoms with van der Waals surface area (Å²) < 4.78 is 2.28. The number of anilines is 1. The van der Waals surface area contributed by atoms with Gasteiger partial charge >= 0.3 is 0 Å². The van der Waals surface area contributed by atoms with E-state index in [1.54, 1.807) is 17.1 Å². The number of benzene rings is 1. The van der Waals surface area contributed by atoms with Gasteiger partial charge in [-0.1, -0.05) is 12.5 Å². The van der Waals surface area contributed by atoms with Crippen LogP contribution in [0.4, 0.5) is 5.82 Å². The lowest BCUT2D eigenvalue weighted by Crippen LogP contribution is -2.47. The van der Waals surface area contributed by atoms with Crippen LogP contribution in [0.5, 0.6) is 0 Å². The molecule has 1 aromatic carbocycles. The summed E-state index contributed by atoms with van der Waals surface area (Å²) in [4.78, 5) is 59.0. The maximum atomic E-state index is 14.5. The Labute approximate surface area is 294 Å². The fourth-order valence-electron chi connectivity index (χ4n) is 9.00. The number of ketones is 1. The van der Waals surface area contributed by atoms with Crippen LogP contribution in [0.3, 0.4) is 0 Å². The molecule has 2 aliphatic carbocycles. The molecule has 0 radical (unpaired) electrons. The SMILES string of the molecule is CC(=O)c1nn(CC(=O)N2[C@H](C(=O)Nc3nc(Br)ccc3C)C[C@@]3(CN4C[C@H]5CCC[C@H]5C4)C[C@@H]23)c2c(C)cc(-c3cnc(C)nc3)cc12. The number of nitrogens with one attached hydrogen (secondary N) is 1. The number of hydrogen-bond donors (Lipinski definition) is 1. The van der Waals surface area contributed by atoms with Gasteiger partial charge in [-0.2, -0.15) is 5.10 Å². The van der Waals surface area contributed by atoms with Crippen LogP contribution in [0.15, 0.2) is 41.3 Å². The molecule has 1 N–H and O–H groups in total. The normalized spacial score (nSPS) is 25.9. The number of likely N-dealkylation sites (tertiary alicyclic amines) is 2. The maximum Gasteiger partial charge on any atom is 0.248 e. The van der Waals surface area contributed by atoms with Gasteiger partial charge < -0.3 is 15.1 Å². The maximum absolute atomic E-state index is 14.5. The minimum atomic E-state index is -0.628. The van der Waals surface area contributed by atoms with Crippen LogP contribution in [0.25, 0.3) is 22.0 Å². The predicted octanol–water partition coefficient (Wildman–Crippen LogP) is 5.51. The Kier molecular flexibility index (Phi) is 7.94. The molecule has 12 heteroatoms. The number of aryl methyl sites for hydroxylation is 3. The summed E-state index contributed by atoms with van der Waals surface area (Å²) in [6, 6.07) is 7.04. The minimum absolute atomic E-state index is 0.0175. The summed E-state index contributed by atoms with van der Waals surface area (Å²) >= 11 is 3.42. The fourth-order valence-corrected chi connectivity index (χ4v) is 9.31. The molecule has 8 rings (SSSR count). The Bertz CT molecular complexity index is 2000. The van der Waals surface area contributed by atoms with E-state index >= 15 is 0 Å². The van der Waals surface area contributed by atoms with Crippen molar-refractivity contribution in [3.8, 4) is 11.1 Å². The number of fused-ring (bicyclic) bond motifs is 3. The second kappa shape index (κ2) is 12.1. The van der Waals surface area contributed by atoms with Gasteiger partial charge in [-0.25, -0.2) is 15.0 Å². The molecule has 3 aromatic heterocycles. The van der Waals surface area contributed by atoms with Crippen molar-refractivity contribution in [2.75, 3.05) is 25.0 Å². The van der Waals surface area contributed by atoms with Crippen LogP contribution >= 0.6 is 15.9 Å². The monoisotopic (exact) mass is 724 g/mol. The van der Waals surface area contributed by atoms with Crippen molar-refractivity contribution < 1.29 is 14.4 Å². The molecule has 2 saturated heterocycles. The zero-order valence-electron chi connectivity index (χ0n) is 28.4. The summed E-state index contributed by atoms with van der Waals surface area (Å²) in [5.74, 6) is 2.16. The first-order valence-electron chi connectivity index (χ1n) is 17.3. The van der Waals surface area contributed by atoms with Crippen LogP contribution in [0.2, 0.25) is 0 Å². The van der Waals surface area contributed by atoms with Crippen molar-refractivity contribution in [3.05, 3.63) is 63.9 Å². The van der Waals surface area contributed by atoms with Crippen LogP contribution in [-0.4, -0.2) is 83.8 Å². The zero-order chi connectivity index (χ0) is 34.2. The molecule has 2 saturated carbocycles. The molecule has 49 heavy (non-hydrogen) atoms. The van der Waals surface area contributed by atoms with E-state index in [0.29, 0.717) is 33.7 Å². The van der Waals surface area contributed by atoms with Gasteiger partial charge in [0.15, 0.2) is 5.78 Å². The fraction of sp³-hybridized carbons (Fsp3) is 0.486. The van der Waals surface area contributed by atoms with Crippen LogP contribution in [0.1, 0.15) is 66.5 Å². The number of amides is 2. The summed E-state index contributed by atoms with van der Waals surface area (Å²) in [5.41, 5.74) is 4.38. The lowest BCUT2D eigenvalue weighted by atomic mass is 9.98. The van der Waals surface area contributed by atoms with E-state index in [1.165, 1.54) is 26.2 Å². The van der Waals surface area contributed by atoms with Crippen molar-refractivity contribution >= 4 is 50.2 Å². The highest BCUT2D eigenvalue weighted by Crippen LogP contribution is 2.60. The summed E-state index contributed by atoms with van der Waals surface area (Å²) in [6.07, 6.45) is 9.00. The number of carbonyl (C=O) groups excluding carboxylic acids is 3. The molecule has 5 heterocycles. The van der Waals surface area contributed by atoms with Gasteiger partial charge in [-0.3, -0.25) is 19.1 Å². The molecular formula is C37H41BrN8O3. The number of pyridine rings is 1. The molecule has 4 fully saturated rings. The molecule has 0 bridgehead atoms. The third-order valence-corrected chi connectivity index (χ3v) is 11.9. The summed E-state index contributed by atoms with van der Waals surface area (Å²) in [5, 5.41) is 8.43. The molecule has 5 atom stereocenters. The lowest BCUT2D eigenvalue weighted by Gasteiger charge is -2.27. The number of nitrogens with zero attached hydrogens (tertiary/aromatic N) is 7. The molecule has 4 aliphatic rings. The topological polar surface area (TPSA) is 126 Å². The van der Waals surface area contributed by atoms with Gasteiger partial charge in [-0.05, 0) is 109 Å². The average molecular weight is 726 g/mol. The summed E-state index contributed by atoms with van der Waals surface area (Å²) in [7, 11) is 0. The summed E-state index contributed by atoms with van der Waals surface area (Å²) in [6.45, 7) is 10.3. The minimum Gasteiger partial charge on any atom is -0.325 e. The molecule has 2 aliphatic heterocycles. The lowest BCUT2D eigenvalue weighted by molar-refractivity contribution is -0.138. The van der Waals surface area contributed by atoms with Gasteiger partial charge in [0, 0.05) is 61.4 Å². The molecule has 0 unspecified atom stereocenters. The molecular weight excluding hydrogens is 684 g/mol. The number of aromatic nitrogens is 5. The van der Waals surface area contributed by atoms with Gasteiger partial charge in [0.2, 0.25) is 11.8 Å². The van der Waals surface area contributed by atoms with Crippen molar-refractivity contribution in [2.45, 2.75) is 78.4 Å². The van der Waals surface area contributed by atoms with Crippen LogP contribution in [0, 0.1) is 38.0 Å². The van der Waals surface area contributed by atoms with E-state index in [2.05, 4.69) is 41.1 Å². The van der Waals surface area contributed by atoms with E-state index in [4.69, 9.17) is 5.10 Å². The zero-order valence-corrected chi connectivity index (χ0v) is 30.0. The van der Waals surface area contributed by atoms with E-state index in [-0.39, 0.29) is 35.6 Å². The Hall–Kier alpha value is -4.03. The quantitative estimate of drug-likeness (QED) is 0.186. The van der Waals surface area contributed by atoms with Crippen LogP contribution < -0.4 is 5.32 Å². The van der Waals surface area contributed by atoms with Crippen molar-refractivity contribution in [1.29, 1.82) is 0 Å². The van der Waals surface area contributed by atoms with Crippen molar-refractivity contribution in [1.82, 2.24) is 34.5 Å².